The zero-order valence-electron chi connectivity index (χ0n) is 15.9. The molecule has 0 atom stereocenters. The van der Waals surface area contributed by atoms with Crippen LogP contribution in [0.1, 0.15) is 30.6 Å². The minimum atomic E-state index is -0.319. The highest BCUT2D eigenvalue weighted by molar-refractivity contribution is 6.32. The Labute approximate surface area is 164 Å². The van der Waals surface area contributed by atoms with Crippen molar-refractivity contribution in [3.05, 3.63) is 40.9 Å². The molecule has 7 heteroatoms. The first-order valence-corrected chi connectivity index (χ1v) is 9.04. The van der Waals surface area contributed by atoms with Crippen molar-refractivity contribution in [2.45, 2.75) is 20.3 Å². The van der Waals surface area contributed by atoms with Crippen LogP contribution in [0.15, 0.2) is 30.3 Å². The third-order valence-electron chi connectivity index (χ3n) is 3.69. The number of rotatable bonds is 9. The summed E-state index contributed by atoms with van der Waals surface area (Å²) in [7, 11) is 3.00. The molecule has 0 saturated heterocycles. The maximum Gasteiger partial charge on any atom is 0.255 e. The second-order valence-electron chi connectivity index (χ2n) is 5.58. The lowest BCUT2D eigenvalue weighted by molar-refractivity contribution is 0.102. The molecular formula is C20H24ClNO5. The fourth-order valence-corrected chi connectivity index (χ4v) is 2.63. The lowest BCUT2D eigenvalue weighted by atomic mass is 10.1. The molecule has 0 fully saturated rings. The van der Waals surface area contributed by atoms with Crippen molar-refractivity contribution in [1.82, 2.24) is 0 Å². The van der Waals surface area contributed by atoms with Crippen molar-refractivity contribution in [2.24, 2.45) is 0 Å². The van der Waals surface area contributed by atoms with Gasteiger partial charge in [0.25, 0.3) is 5.91 Å². The van der Waals surface area contributed by atoms with E-state index < -0.39 is 0 Å². The molecule has 0 aliphatic heterocycles. The SMILES string of the molecule is CCCOc1ccc(C(=O)Nc2cc(OC)c(Cl)cc2OC)cc1OCC. The lowest BCUT2D eigenvalue weighted by Crippen LogP contribution is -2.13. The molecule has 0 heterocycles. The summed E-state index contributed by atoms with van der Waals surface area (Å²) in [6, 6.07) is 8.27. The zero-order chi connectivity index (χ0) is 19.8. The van der Waals surface area contributed by atoms with E-state index in [2.05, 4.69) is 5.32 Å². The molecule has 6 nitrogen and oxygen atoms in total. The topological polar surface area (TPSA) is 66.0 Å². The number of hydrogen-bond donors (Lipinski definition) is 1. The van der Waals surface area contributed by atoms with Gasteiger partial charge >= 0.3 is 0 Å². The van der Waals surface area contributed by atoms with E-state index >= 15 is 0 Å². The predicted octanol–water partition coefficient (Wildman–Crippen LogP) is 4.80. The Kier molecular flexibility index (Phi) is 7.61. The monoisotopic (exact) mass is 393 g/mol. The summed E-state index contributed by atoms with van der Waals surface area (Å²) in [4.78, 5) is 12.7. The van der Waals surface area contributed by atoms with Gasteiger partial charge in [-0.2, -0.15) is 0 Å². The summed E-state index contributed by atoms with van der Waals surface area (Å²) in [5.74, 6) is 1.69. The summed E-state index contributed by atoms with van der Waals surface area (Å²) in [6.45, 7) is 4.94. The molecule has 0 aliphatic rings. The van der Waals surface area contributed by atoms with E-state index in [0.717, 1.165) is 6.42 Å². The molecule has 0 radical (unpaired) electrons. The fraction of sp³-hybridized carbons (Fsp3) is 0.350. The van der Waals surface area contributed by atoms with Crippen LogP contribution in [0.25, 0.3) is 0 Å². The van der Waals surface area contributed by atoms with Crippen LogP contribution in [0.5, 0.6) is 23.0 Å². The van der Waals surface area contributed by atoms with Gasteiger partial charge < -0.3 is 24.3 Å². The molecule has 27 heavy (non-hydrogen) atoms. The van der Waals surface area contributed by atoms with Gasteiger partial charge in [-0.1, -0.05) is 18.5 Å². The van der Waals surface area contributed by atoms with Crippen LogP contribution in [-0.2, 0) is 0 Å². The van der Waals surface area contributed by atoms with Crippen molar-refractivity contribution in [3.63, 3.8) is 0 Å². The number of ether oxygens (including phenoxy) is 4. The number of anilines is 1. The van der Waals surface area contributed by atoms with Gasteiger partial charge in [-0.25, -0.2) is 0 Å². The van der Waals surface area contributed by atoms with E-state index in [1.165, 1.54) is 14.2 Å². The van der Waals surface area contributed by atoms with Crippen molar-refractivity contribution in [1.29, 1.82) is 0 Å². The molecule has 146 valence electrons. The first kappa shape index (κ1) is 20.7. The normalized spacial score (nSPS) is 10.3. The van der Waals surface area contributed by atoms with E-state index in [1.807, 2.05) is 13.8 Å². The third kappa shape index (κ3) is 5.20. The molecule has 1 amide bonds. The Morgan fingerprint density at radius 3 is 2.33 bits per heavy atom. The second kappa shape index (κ2) is 9.92. The van der Waals surface area contributed by atoms with Gasteiger partial charge in [-0.3, -0.25) is 4.79 Å². The summed E-state index contributed by atoms with van der Waals surface area (Å²) >= 11 is 6.10. The van der Waals surface area contributed by atoms with Gasteiger partial charge in [-0.05, 0) is 31.5 Å². The number of carbonyl (C=O) groups excluding carboxylic acids is 1. The van der Waals surface area contributed by atoms with Crippen molar-refractivity contribution >= 4 is 23.2 Å². The summed E-state index contributed by atoms with van der Waals surface area (Å²) in [5, 5.41) is 3.20. The largest absolute Gasteiger partial charge is 0.495 e. The van der Waals surface area contributed by atoms with E-state index in [1.54, 1.807) is 30.3 Å². The van der Waals surface area contributed by atoms with E-state index in [4.69, 9.17) is 30.5 Å². The van der Waals surface area contributed by atoms with Gasteiger partial charge in [0.2, 0.25) is 0 Å². The molecule has 0 spiro atoms. The molecule has 2 rings (SSSR count). The standard InChI is InChI=1S/C20H24ClNO5/c1-5-9-27-16-8-7-13(10-19(16)26-6-2)20(23)22-15-12-17(24-3)14(21)11-18(15)25-4/h7-8,10-12H,5-6,9H2,1-4H3,(H,22,23). The van der Waals surface area contributed by atoms with E-state index in [9.17, 15) is 4.79 Å². The molecule has 0 bridgehead atoms. The molecule has 0 aromatic heterocycles. The Morgan fingerprint density at radius 2 is 1.70 bits per heavy atom. The number of halogens is 1. The average Bonchev–Trinajstić information content (AvgIpc) is 2.68. The molecule has 2 aromatic carbocycles. The molecule has 0 unspecified atom stereocenters. The molecule has 1 N–H and O–H groups in total. The van der Waals surface area contributed by atoms with Crippen LogP contribution < -0.4 is 24.3 Å². The Morgan fingerprint density at radius 1 is 0.963 bits per heavy atom. The van der Waals surface area contributed by atoms with Crippen LogP contribution >= 0.6 is 11.6 Å². The third-order valence-corrected chi connectivity index (χ3v) is 3.98. The quantitative estimate of drug-likeness (QED) is 0.663. The number of carbonyl (C=O) groups is 1. The Hall–Kier alpha value is -2.60. The number of nitrogens with one attached hydrogen (secondary N) is 1. The number of methoxy groups -OCH3 is 2. The Bertz CT molecular complexity index is 794. The van der Waals surface area contributed by atoms with Crippen molar-refractivity contribution < 1.29 is 23.7 Å². The number of hydrogen-bond acceptors (Lipinski definition) is 5. The second-order valence-corrected chi connectivity index (χ2v) is 5.99. The van der Waals surface area contributed by atoms with Crippen molar-refractivity contribution in [3.8, 4) is 23.0 Å². The van der Waals surface area contributed by atoms with Crippen LogP contribution in [0.2, 0.25) is 5.02 Å². The number of amides is 1. The maximum atomic E-state index is 12.7. The molecular weight excluding hydrogens is 370 g/mol. The van der Waals surface area contributed by atoms with Crippen LogP contribution in [0, 0.1) is 0 Å². The van der Waals surface area contributed by atoms with Gasteiger partial charge in [0.15, 0.2) is 11.5 Å². The summed E-state index contributed by atoms with van der Waals surface area (Å²) in [6.07, 6.45) is 0.881. The minimum absolute atomic E-state index is 0.319. The first-order valence-electron chi connectivity index (χ1n) is 8.66. The highest BCUT2D eigenvalue weighted by Gasteiger charge is 2.16. The summed E-state index contributed by atoms with van der Waals surface area (Å²) in [5.41, 5.74) is 0.881. The van der Waals surface area contributed by atoms with E-state index in [-0.39, 0.29) is 5.91 Å². The van der Waals surface area contributed by atoms with Crippen LogP contribution in [0.3, 0.4) is 0 Å². The highest BCUT2D eigenvalue weighted by atomic mass is 35.5. The van der Waals surface area contributed by atoms with E-state index in [0.29, 0.717) is 52.5 Å². The Balaban J connectivity index is 2.28. The highest BCUT2D eigenvalue weighted by Crippen LogP contribution is 2.36. The van der Waals surface area contributed by atoms with Gasteiger partial charge in [0.05, 0.1) is 38.1 Å². The summed E-state index contributed by atoms with van der Waals surface area (Å²) < 4.78 is 21.8. The zero-order valence-corrected chi connectivity index (χ0v) is 16.7. The van der Waals surface area contributed by atoms with Gasteiger partial charge in [0.1, 0.15) is 11.5 Å². The van der Waals surface area contributed by atoms with Crippen molar-refractivity contribution in [2.75, 3.05) is 32.8 Å². The molecule has 2 aromatic rings. The van der Waals surface area contributed by atoms with Gasteiger partial charge in [0, 0.05) is 17.7 Å². The average molecular weight is 394 g/mol. The van der Waals surface area contributed by atoms with Crippen LogP contribution in [-0.4, -0.2) is 33.3 Å². The number of benzene rings is 2. The first-order chi connectivity index (χ1) is 13.0. The fourth-order valence-electron chi connectivity index (χ4n) is 2.40. The van der Waals surface area contributed by atoms with Gasteiger partial charge in [-0.15, -0.1) is 0 Å². The molecule has 0 saturated carbocycles. The minimum Gasteiger partial charge on any atom is -0.495 e. The maximum absolute atomic E-state index is 12.7. The lowest BCUT2D eigenvalue weighted by Gasteiger charge is -2.15. The predicted molar refractivity (Wildman–Crippen MR) is 106 cm³/mol. The van der Waals surface area contributed by atoms with Crippen LogP contribution in [0.4, 0.5) is 5.69 Å². The smallest absolute Gasteiger partial charge is 0.255 e. The molecule has 0 aliphatic carbocycles.